The van der Waals surface area contributed by atoms with Crippen LogP contribution in [0, 0.1) is 17.0 Å². The third kappa shape index (κ3) is 5.29. The zero-order chi connectivity index (χ0) is 18.4. The van der Waals surface area contributed by atoms with Gasteiger partial charge in [-0.05, 0) is 24.6 Å². The van der Waals surface area contributed by atoms with E-state index >= 15 is 0 Å². The van der Waals surface area contributed by atoms with E-state index in [-0.39, 0.29) is 29.4 Å². The zero-order valence-corrected chi connectivity index (χ0v) is 14.1. The fourth-order valence-electron chi connectivity index (χ4n) is 2.07. The molecular weight excluding hydrogens is 348 g/mol. The van der Waals surface area contributed by atoms with Crippen LogP contribution >= 0.6 is 11.6 Å². The summed E-state index contributed by atoms with van der Waals surface area (Å²) in [5.41, 5.74) is 1.54. The zero-order valence-electron chi connectivity index (χ0n) is 13.3. The Hall–Kier alpha value is -2.93. The third-order valence-corrected chi connectivity index (χ3v) is 3.60. The van der Waals surface area contributed by atoms with Gasteiger partial charge in [0.05, 0.1) is 4.92 Å². The molecule has 2 rings (SSSR count). The monoisotopic (exact) mass is 362 g/mol. The number of aryl methyl sites for hydroxylation is 1. The first-order chi connectivity index (χ1) is 11.9. The standard InChI is InChI=1S/C17H15ClN2O5/c1-11-3-2-4-12(7-11)10-25-16(21)9-19-17(22)13-5-6-14(18)15(8-13)20(23)24/h2-8H,9-10H2,1H3,(H,19,22). The predicted octanol–water partition coefficient (Wildman–Crippen LogP) is 3.03. The number of nitrogens with zero attached hydrogens (tertiary/aromatic N) is 1. The highest BCUT2D eigenvalue weighted by molar-refractivity contribution is 6.32. The van der Waals surface area contributed by atoms with Gasteiger partial charge >= 0.3 is 5.97 Å². The molecule has 130 valence electrons. The summed E-state index contributed by atoms with van der Waals surface area (Å²) >= 11 is 5.69. The Morgan fingerprint density at radius 3 is 2.68 bits per heavy atom. The van der Waals surface area contributed by atoms with E-state index in [0.717, 1.165) is 17.2 Å². The van der Waals surface area contributed by atoms with Crippen molar-refractivity contribution in [3.63, 3.8) is 0 Å². The highest BCUT2D eigenvalue weighted by Gasteiger charge is 2.17. The quantitative estimate of drug-likeness (QED) is 0.483. The van der Waals surface area contributed by atoms with Gasteiger partial charge in [0.15, 0.2) is 0 Å². The maximum Gasteiger partial charge on any atom is 0.325 e. The van der Waals surface area contributed by atoms with Gasteiger partial charge in [0.1, 0.15) is 18.2 Å². The molecule has 2 aromatic rings. The summed E-state index contributed by atoms with van der Waals surface area (Å²) in [5, 5.41) is 13.1. The first-order valence-corrected chi connectivity index (χ1v) is 7.68. The number of amides is 1. The normalized spacial score (nSPS) is 10.2. The van der Waals surface area contributed by atoms with Gasteiger partial charge in [0.2, 0.25) is 0 Å². The minimum atomic E-state index is -0.685. The molecule has 7 nitrogen and oxygen atoms in total. The topological polar surface area (TPSA) is 98.5 Å². The van der Waals surface area contributed by atoms with Crippen molar-refractivity contribution in [3.05, 3.63) is 74.3 Å². The lowest BCUT2D eigenvalue weighted by Gasteiger charge is -2.07. The van der Waals surface area contributed by atoms with Crippen LogP contribution in [0.1, 0.15) is 21.5 Å². The number of esters is 1. The summed E-state index contributed by atoms with van der Waals surface area (Å²) < 4.78 is 5.07. The summed E-state index contributed by atoms with van der Waals surface area (Å²) in [5.74, 6) is -1.24. The molecule has 0 fully saturated rings. The lowest BCUT2D eigenvalue weighted by molar-refractivity contribution is -0.384. The van der Waals surface area contributed by atoms with E-state index in [1.807, 2.05) is 31.2 Å². The van der Waals surface area contributed by atoms with Crippen LogP contribution in [0.2, 0.25) is 5.02 Å². The number of halogens is 1. The van der Waals surface area contributed by atoms with Crippen LogP contribution in [0.15, 0.2) is 42.5 Å². The predicted molar refractivity (Wildman–Crippen MR) is 91.4 cm³/mol. The van der Waals surface area contributed by atoms with Crippen LogP contribution in [0.4, 0.5) is 5.69 Å². The molecule has 0 aliphatic heterocycles. The number of carbonyl (C=O) groups is 2. The number of hydrogen-bond acceptors (Lipinski definition) is 5. The van der Waals surface area contributed by atoms with E-state index in [1.54, 1.807) is 0 Å². The molecule has 0 radical (unpaired) electrons. The molecule has 0 saturated heterocycles. The van der Waals surface area contributed by atoms with E-state index in [2.05, 4.69) is 5.32 Å². The van der Waals surface area contributed by atoms with Crippen LogP contribution in [-0.4, -0.2) is 23.3 Å². The van der Waals surface area contributed by atoms with Gasteiger partial charge in [-0.1, -0.05) is 41.4 Å². The van der Waals surface area contributed by atoms with Gasteiger partial charge in [-0.3, -0.25) is 19.7 Å². The van der Waals surface area contributed by atoms with Crippen LogP contribution in [-0.2, 0) is 16.1 Å². The highest BCUT2D eigenvalue weighted by Crippen LogP contribution is 2.24. The van der Waals surface area contributed by atoms with Gasteiger partial charge in [-0.2, -0.15) is 0 Å². The molecule has 0 aliphatic carbocycles. The molecular formula is C17H15ClN2O5. The van der Waals surface area contributed by atoms with Gasteiger partial charge in [0.25, 0.3) is 11.6 Å². The molecule has 1 N–H and O–H groups in total. The van der Waals surface area contributed by atoms with Crippen molar-refractivity contribution in [3.8, 4) is 0 Å². The average Bonchev–Trinajstić information content (AvgIpc) is 2.58. The summed E-state index contributed by atoms with van der Waals surface area (Å²) in [4.78, 5) is 33.8. The molecule has 25 heavy (non-hydrogen) atoms. The third-order valence-electron chi connectivity index (χ3n) is 3.28. The first kappa shape index (κ1) is 18.4. The Morgan fingerprint density at radius 2 is 2.00 bits per heavy atom. The minimum absolute atomic E-state index is 0.0302. The maximum atomic E-state index is 12.0. The van der Waals surface area contributed by atoms with Crippen molar-refractivity contribution in [2.24, 2.45) is 0 Å². The summed E-state index contributed by atoms with van der Waals surface area (Å²) in [7, 11) is 0. The highest BCUT2D eigenvalue weighted by atomic mass is 35.5. The van der Waals surface area contributed by atoms with Crippen LogP contribution in [0.25, 0.3) is 0 Å². The number of benzene rings is 2. The van der Waals surface area contributed by atoms with E-state index in [9.17, 15) is 19.7 Å². The molecule has 0 heterocycles. The average molecular weight is 363 g/mol. The summed E-state index contributed by atoms with van der Waals surface area (Å²) in [6.07, 6.45) is 0. The van der Waals surface area contributed by atoms with Gasteiger partial charge in [0, 0.05) is 11.6 Å². The first-order valence-electron chi connectivity index (χ1n) is 7.30. The number of carbonyl (C=O) groups excluding carboxylic acids is 2. The fraction of sp³-hybridized carbons (Fsp3) is 0.176. The molecule has 0 bridgehead atoms. The van der Waals surface area contributed by atoms with Gasteiger partial charge < -0.3 is 10.1 Å². The van der Waals surface area contributed by atoms with E-state index in [1.165, 1.54) is 12.1 Å². The molecule has 8 heteroatoms. The number of nitrogens with one attached hydrogen (secondary N) is 1. The van der Waals surface area contributed by atoms with Crippen LogP contribution in [0.5, 0.6) is 0 Å². The SMILES string of the molecule is Cc1cccc(COC(=O)CNC(=O)c2ccc(Cl)c([N+](=O)[O-])c2)c1. The lowest BCUT2D eigenvalue weighted by atomic mass is 10.1. The number of nitro benzene ring substituents is 1. The Balaban J connectivity index is 1.88. The van der Waals surface area contributed by atoms with Crippen LogP contribution in [0.3, 0.4) is 0 Å². The van der Waals surface area contributed by atoms with Crippen molar-refractivity contribution < 1.29 is 19.2 Å². The maximum absolute atomic E-state index is 12.0. The Morgan fingerprint density at radius 1 is 1.24 bits per heavy atom. The summed E-state index contributed by atoms with van der Waals surface area (Å²) in [6, 6.07) is 11.1. The molecule has 0 spiro atoms. The Labute approximate surface area is 148 Å². The Bertz CT molecular complexity index is 822. The van der Waals surface area contributed by atoms with Crippen LogP contribution < -0.4 is 5.32 Å². The second kappa shape index (κ2) is 8.25. The van der Waals surface area contributed by atoms with E-state index in [4.69, 9.17) is 16.3 Å². The fourth-order valence-corrected chi connectivity index (χ4v) is 2.25. The smallest absolute Gasteiger partial charge is 0.325 e. The molecule has 0 aliphatic rings. The lowest BCUT2D eigenvalue weighted by Crippen LogP contribution is -2.30. The second-order valence-electron chi connectivity index (χ2n) is 5.26. The molecule has 0 saturated carbocycles. The van der Waals surface area contributed by atoms with Crippen molar-refractivity contribution in [1.82, 2.24) is 5.32 Å². The molecule has 0 aromatic heterocycles. The number of ether oxygens (including phenoxy) is 1. The van der Waals surface area contributed by atoms with Gasteiger partial charge in [-0.25, -0.2) is 0 Å². The summed E-state index contributed by atoms with van der Waals surface area (Å²) in [6.45, 7) is 1.68. The second-order valence-corrected chi connectivity index (χ2v) is 5.66. The van der Waals surface area contributed by atoms with E-state index < -0.39 is 16.8 Å². The molecule has 0 unspecified atom stereocenters. The number of hydrogen-bond donors (Lipinski definition) is 1. The molecule has 2 aromatic carbocycles. The minimum Gasteiger partial charge on any atom is -0.460 e. The number of nitro groups is 1. The molecule has 1 amide bonds. The van der Waals surface area contributed by atoms with Crippen molar-refractivity contribution in [1.29, 1.82) is 0 Å². The van der Waals surface area contributed by atoms with E-state index in [0.29, 0.717) is 0 Å². The molecule has 0 atom stereocenters. The van der Waals surface area contributed by atoms with Crippen molar-refractivity contribution in [2.45, 2.75) is 13.5 Å². The van der Waals surface area contributed by atoms with Crippen molar-refractivity contribution >= 4 is 29.2 Å². The Kier molecular flexibility index (Phi) is 6.08. The van der Waals surface area contributed by atoms with Crippen molar-refractivity contribution in [2.75, 3.05) is 6.54 Å². The number of rotatable bonds is 6. The largest absolute Gasteiger partial charge is 0.460 e. The van der Waals surface area contributed by atoms with Gasteiger partial charge in [-0.15, -0.1) is 0 Å².